The van der Waals surface area contributed by atoms with Gasteiger partial charge < -0.3 is 9.87 Å². The van der Waals surface area contributed by atoms with Crippen LogP contribution in [0.15, 0.2) is 53.4 Å². The standard InChI is InChI=1S/C27H33F3N2O2S/c1-2-35(34)25-13-3-19(4-14-25)17-26(33)31-23-9-5-20(6-10-23)21-15-16-32(18-21)24-11-7-22(8-12-24)27(28,29)30/h3-6,9-10,13-14,21-22,24H,2,7-8,11-12,15-18H2,1H3,(H,31,33). The predicted molar refractivity (Wildman–Crippen MR) is 133 cm³/mol. The molecule has 1 aliphatic carbocycles. The first-order valence-electron chi connectivity index (χ1n) is 12.4. The SMILES string of the molecule is CC[S+]([O-])c1ccc(CC(=O)Nc2ccc(C3CCN(C4CCC(C(F)(F)F)CC4)C3)cc2)cc1. The second kappa shape index (κ2) is 11.4. The molecule has 190 valence electrons. The average Bonchev–Trinajstić information content (AvgIpc) is 3.34. The second-order valence-corrected chi connectivity index (χ2v) is 11.4. The van der Waals surface area contributed by atoms with E-state index in [1.54, 1.807) is 0 Å². The molecule has 0 radical (unpaired) electrons. The van der Waals surface area contributed by atoms with Crippen molar-refractivity contribution in [1.29, 1.82) is 0 Å². The Hall–Kier alpha value is -2.03. The summed E-state index contributed by atoms with van der Waals surface area (Å²) in [5.41, 5.74) is 2.81. The van der Waals surface area contributed by atoms with Gasteiger partial charge in [0.05, 0.1) is 12.3 Å². The summed E-state index contributed by atoms with van der Waals surface area (Å²) in [6.07, 6.45) is -1.07. The molecule has 4 nitrogen and oxygen atoms in total. The molecule has 1 N–H and O–H groups in total. The molecule has 1 saturated carbocycles. The van der Waals surface area contributed by atoms with Gasteiger partial charge in [-0.1, -0.05) is 24.3 Å². The van der Waals surface area contributed by atoms with Gasteiger partial charge in [-0.25, -0.2) is 0 Å². The van der Waals surface area contributed by atoms with Crippen molar-refractivity contribution in [2.45, 2.75) is 68.5 Å². The highest BCUT2D eigenvalue weighted by Gasteiger charge is 2.42. The lowest BCUT2D eigenvalue weighted by atomic mass is 9.85. The smallest absolute Gasteiger partial charge is 0.391 e. The Morgan fingerprint density at radius 2 is 1.69 bits per heavy atom. The molecule has 1 heterocycles. The van der Waals surface area contributed by atoms with E-state index >= 15 is 0 Å². The van der Waals surface area contributed by atoms with Gasteiger partial charge in [0.15, 0.2) is 4.90 Å². The Morgan fingerprint density at radius 3 is 2.29 bits per heavy atom. The van der Waals surface area contributed by atoms with Gasteiger partial charge in [-0.05, 0) is 98.1 Å². The summed E-state index contributed by atoms with van der Waals surface area (Å²) in [4.78, 5) is 15.6. The highest BCUT2D eigenvalue weighted by atomic mass is 32.2. The molecule has 8 heteroatoms. The molecule has 2 aromatic rings. The van der Waals surface area contributed by atoms with Gasteiger partial charge in [0, 0.05) is 18.3 Å². The lowest BCUT2D eigenvalue weighted by molar-refractivity contribution is -0.184. The summed E-state index contributed by atoms with van der Waals surface area (Å²) in [6, 6.07) is 15.5. The molecule has 2 atom stereocenters. The van der Waals surface area contributed by atoms with Crippen molar-refractivity contribution in [3.05, 3.63) is 59.7 Å². The van der Waals surface area contributed by atoms with Crippen molar-refractivity contribution in [3.63, 3.8) is 0 Å². The molecular formula is C27H33F3N2O2S. The molecule has 35 heavy (non-hydrogen) atoms. The largest absolute Gasteiger partial charge is 0.611 e. The third-order valence-electron chi connectivity index (χ3n) is 7.37. The molecular weight excluding hydrogens is 473 g/mol. The Bertz CT molecular complexity index is 973. The van der Waals surface area contributed by atoms with Crippen molar-refractivity contribution >= 4 is 22.8 Å². The summed E-state index contributed by atoms with van der Waals surface area (Å²) in [6.45, 7) is 3.68. The number of nitrogens with one attached hydrogen (secondary N) is 1. The topological polar surface area (TPSA) is 55.4 Å². The van der Waals surface area contributed by atoms with Crippen molar-refractivity contribution in [2.24, 2.45) is 5.92 Å². The zero-order chi connectivity index (χ0) is 25.0. The Labute approximate surface area is 208 Å². The Balaban J connectivity index is 1.25. The quantitative estimate of drug-likeness (QED) is 0.476. The van der Waals surface area contributed by atoms with Crippen molar-refractivity contribution in [2.75, 3.05) is 24.2 Å². The minimum atomic E-state index is -4.06. The van der Waals surface area contributed by atoms with Crippen LogP contribution < -0.4 is 5.32 Å². The number of alkyl halides is 3. The van der Waals surface area contributed by atoms with Gasteiger partial charge in [-0.2, -0.15) is 13.2 Å². The summed E-state index contributed by atoms with van der Waals surface area (Å²) in [5, 5.41) is 2.93. The molecule has 4 rings (SSSR count). The van der Waals surface area contributed by atoms with Crippen LogP contribution in [0.4, 0.5) is 18.9 Å². The van der Waals surface area contributed by atoms with E-state index in [0.717, 1.165) is 35.7 Å². The number of hydrogen-bond acceptors (Lipinski definition) is 3. The fourth-order valence-corrected chi connectivity index (χ4v) is 6.09. The van der Waals surface area contributed by atoms with E-state index in [9.17, 15) is 22.5 Å². The van der Waals surface area contributed by atoms with E-state index in [1.165, 1.54) is 5.56 Å². The van der Waals surface area contributed by atoms with Gasteiger partial charge in [-0.3, -0.25) is 9.69 Å². The van der Waals surface area contributed by atoms with Crippen LogP contribution in [0.25, 0.3) is 0 Å². The fourth-order valence-electron chi connectivity index (χ4n) is 5.31. The number of nitrogens with zero attached hydrogens (tertiary/aromatic N) is 1. The van der Waals surface area contributed by atoms with Crippen LogP contribution in [0.1, 0.15) is 56.1 Å². The maximum Gasteiger partial charge on any atom is 0.391 e. The number of halogens is 3. The third kappa shape index (κ3) is 6.80. The predicted octanol–water partition coefficient (Wildman–Crippen LogP) is 5.91. The van der Waals surface area contributed by atoms with Gasteiger partial charge in [0.25, 0.3) is 0 Å². The number of amides is 1. The Morgan fingerprint density at radius 1 is 1.03 bits per heavy atom. The first kappa shape index (κ1) is 26.0. The van der Waals surface area contributed by atoms with Crippen molar-refractivity contribution in [3.8, 4) is 0 Å². The van der Waals surface area contributed by atoms with Crippen LogP contribution in [0, 0.1) is 5.92 Å². The number of hydrogen-bond donors (Lipinski definition) is 1. The van der Waals surface area contributed by atoms with Crippen LogP contribution in [-0.2, 0) is 22.4 Å². The number of likely N-dealkylation sites (tertiary alicyclic amines) is 1. The zero-order valence-electron chi connectivity index (χ0n) is 20.0. The average molecular weight is 507 g/mol. The summed E-state index contributed by atoms with van der Waals surface area (Å²) >= 11 is -1.000. The highest BCUT2D eigenvalue weighted by molar-refractivity contribution is 7.91. The normalized spacial score (nSPS) is 24.3. The van der Waals surface area contributed by atoms with E-state index in [2.05, 4.69) is 10.2 Å². The molecule has 2 fully saturated rings. The van der Waals surface area contributed by atoms with E-state index in [1.807, 2.05) is 55.5 Å². The lowest BCUT2D eigenvalue weighted by Gasteiger charge is -2.35. The van der Waals surface area contributed by atoms with Gasteiger partial charge in [0.1, 0.15) is 5.75 Å². The first-order valence-corrected chi connectivity index (χ1v) is 13.7. The monoisotopic (exact) mass is 506 g/mol. The highest BCUT2D eigenvalue weighted by Crippen LogP contribution is 2.40. The summed E-state index contributed by atoms with van der Waals surface area (Å²) in [5.74, 6) is -0.306. The molecule has 0 aromatic heterocycles. The minimum Gasteiger partial charge on any atom is -0.611 e. The molecule has 0 bridgehead atoms. The fraction of sp³-hybridized carbons (Fsp3) is 0.519. The summed E-state index contributed by atoms with van der Waals surface area (Å²) in [7, 11) is 0. The summed E-state index contributed by atoms with van der Waals surface area (Å²) < 4.78 is 50.7. The van der Waals surface area contributed by atoms with Crippen LogP contribution in [-0.4, -0.2) is 46.4 Å². The van der Waals surface area contributed by atoms with Gasteiger partial charge in [0.2, 0.25) is 5.91 Å². The number of benzene rings is 2. The van der Waals surface area contributed by atoms with Crippen molar-refractivity contribution < 1.29 is 22.5 Å². The zero-order valence-corrected chi connectivity index (χ0v) is 20.8. The lowest BCUT2D eigenvalue weighted by Crippen LogP contribution is -2.39. The molecule has 2 aromatic carbocycles. The molecule has 1 amide bonds. The van der Waals surface area contributed by atoms with E-state index < -0.39 is 23.3 Å². The van der Waals surface area contributed by atoms with E-state index in [4.69, 9.17) is 0 Å². The minimum absolute atomic E-state index is 0.108. The molecule has 1 saturated heterocycles. The Kier molecular flexibility index (Phi) is 8.45. The number of rotatable bonds is 7. The third-order valence-corrected chi connectivity index (χ3v) is 8.70. The number of carbonyl (C=O) groups is 1. The maximum atomic E-state index is 13.0. The van der Waals surface area contributed by atoms with Crippen LogP contribution in [0.2, 0.25) is 0 Å². The molecule has 1 aliphatic heterocycles. The van der Waals surface area contributed by atoms with Crippen LogP contribution in [0.5, 0.6) is 0 Å². The second-order valence-electron chi connectivity index (χ2n) is 9.65. The van der Waals surface area contributed by atoms with Crippen molar-refractivity contribution in [1.82, 2.24) is 4.90 Å². The molecule has 0 spiro atoms. The van der Waals surface area contributed by atoms with E-state index in [0.29, 0.717) is 24.5 Å². The molecule has 2 aliphatic rings. The van der Waals surface area contributed by atoms with Gasteiger partial charge in [-0.15, -0.1) is 0 Å². The van der Waals surface area contributed by atoms with E-state index in [-0.39, 0.29) is 31.2 Å². The number of anilines is 1. The van der Waals surface area contributed by atoms with Crippen LogP contribution >= 0.6 is 0 Å². The first-order chi connectivity index (χ1) is 16.7. The number of carbonyl (C=O) groups excluding carboxylic acids is 1. The van der Waals surface area contributed by atoms with Crippen LogP contribution in [0.3, 0.4) is 0 Å². The van der Waals surface area contributed by atoms with Gasteiger partial charge >= 0.3 is 6.18 Å². The molecule has 2 unspecified atom stereocenters. The maximum absolute atomic E-state index is 13.0.